The zero-order chi connectivity index (χ0) is 9.68. The normalized spacial score (nSPS) is 10.7. The monoisotopic (exact) mass is 304 g/mol. The largest absolute Gasteiger partial charge is 0.496 e. The van der Waals surface area contributed by atoms with E-state index in [1.54, 1.807) is 7.11 Å². The molecule has 0 heterocycles. The van der Waals surface area contributed by atoms with Crippen LogP contribution in [-0.2, 0) is 0 Å². The van der Waals surface area contributed by atoms with Gasteiger partial charge in [-0.1, -0.05) is 34.1 Å². The molecule has 1 aromatic carbocycles. The highest BCUT2D eigenvalue weighted by molar-refractivity contribution is 9.10. The van der Waals surface area contributed by atoms with Crippen molar-refractivity contribution in [2.75, 3.05) is 12.4 Å². The summed E-state index contributed by atoms with van der Waals surface area (Å²) in [5, 5.41) is 0.866. The van der Waals surface area contributed by atoms with Gasteiger partial charge in [-0.25, -0.2) is 0 Å². The van der Waals surface area contributed by atoms with E-state index in [0.29, 0.717) is 0 Å². The quantitative estimate of drug-likeness (QED) is 0.770. The summed E-state index contributed by atoms with van der Waals surface area (Å²) in [6, 6.07) is 6.00. The Bertz CT molecular complexity index is 308. The predicted molar refractivity (Wildman–Crippen MR) is 63.5 cm³/mol. The summed E-state index contributed by atoms with van der Waals surface area (Å²) < 4.78 is 6.15. The first-order chi connectivity index (χ1) is 6.27. The van der Waals surface area contributed by atoms with Gasteiger partial charge in [0.15, 0.2) is 0 Å². The Kier molecular flexibility index (Phi) is 4.53. The minimum Gasteiger partial charge on any atom is -0.496 e. The van der Waals surface area contributed by atoms with E-state index in [1.165, 1.54) is 0 Å². The van der Waals surface area contributed by atoms with Crippen LogP contribution in [0.5, 0.6) is 5.75 Å². The Labute approximate surface area is 95.1 Å². The average Bonchev–Trinajstić information content (AvgIpc) is 2.16. The highest BCUT2D eigenvalue weighted by Crippen LogP contribution is 2.25. The highest BCUT2D eigenvalue weighted by atomic mass is 79.9. The van der Waals surface area contributed by atoms with Crippen molar-refractivity contribution < 1.29 is 4.74 Å². The Morgan fingerprint density at radius 1 is 1.46 bits per heavy atom. The van der Waals surface area contributed by atoms with E-state index in [0.717, 1.165) is 21.1 Å². The van der Waals surface area contributed by atoms with Gasteiger partial charge in [-0.05, 0) is 33.6 Å². The van der Waals surface area contributed by atoms with Crippen LogP contribution in [0.3, 0.4) is 0 Å². The lowest BCUT2D eigenvalue weighted by Crippen LogP contribution is -1.84. The first-order valence-electron chi connectivity index (χ1n) is 3.84. The fourth-order valence-corrected chi connectivity index (χ4v) is 1.56. The molecule has 1 nitrogen and oxygen atoms in total. The molecule has 0 fully saturated rings. The molecule has 0 spiro atoms. The molecule has 3 heteroatoms. The highest BCUT2D eigenvalue weighted by Gasteiger charge is 1.98. The van der Waals surface area contributed by atoms with Crippen molar-refractivity contribution >= 4 is 37.9 Å². The van der Waals surface area contributed by atoms with Gasteiger partial charge >= 0.3 is 0 Å². The number of halogens is 2. The molecule has 70 valence electrons. The van der Waals surface area contributed by atoms with Gasteiger partial charge in [0.05, 0.1) is 11.6 Å². The van der Waals surface area contributed by atoms with Gasteiger partial charge in [0.1, 0.15) is 5.75 Å². The van der Waals surface area contributed by atoms with Gasteiger partial charge in [-0.3, -0.25) is 0 Å². The lowest BCUT2D eigenvalue weighted by atomic mass is 10.2. The Morgan fingerprint density at radius 2 is 2.23 bits per heavy atom. The van der Waals surface area contributed by atoms with Crippen LogP contribution in [0.15, 0.2) is 28.7 Å². The molecule has 13 heavy (non-hydrogen) atoms. The molecule has 0 aliphatic carbocycles. The minimum atomic E-state index is 0.858. The maximum Gasteiger partial charge on any atom is 0.133 e. The maximum absolute atomic E-state index is 5.17. The van der Waals surface area contributed by atoms with Crippen LogP contribution in [0, 0.1) is 0 Å². The van der Waals surface area contributed by atoms with E-state index < -0.39 is 0 Å². The lowest BCUT2D eigenvalue weighted by Gasteiger charge is -2.03. The third-order valence-electron chi connectivity index (χ3n) is 1.57. The lowest BCUT2D eigenvalue weighted by molar-refractivity contribution is 0.412. The fourth-order valence-electron chi connectivity index (χ4n) is 0.961. The molecule has 0 bridgehead atoms. The van der Waals surface area contributed by atoms with E-state index >= 15 is 0 Å². The molecule has 0 N–H and O–H groups in total. The van der Waals surface area contributed by atoms with Gasteiger partial charge in [0.2, 0.25) is 0 Å². The number of hydrogen-bond donors (Lipinski definition) is 0. The summed E-state index contributed by atoms with van der Waals surface area (Å²) in [5.74, 6) is 0.858. The van der Waals surface area contributed by atoms with E-state index in [-0.39, 0.29) is 0 Å². The molecular formula is C10H10Br2O. The van der Waals surface area contributed by atoms with Crippen molar-refractivity contribution in [1.82, 2.24) is 0 Å². The third-order valence-corrected chi connectivity index (χ3v) is 2.60. The van der Waals surface area contributed by atoms with E-state index in [4.69, 9.17) is 4.74 Å². The molecule has 1 rings (SSSR count). The summed E-state index contributed by atoms with van der Waals surface area (Å²) in [4.78, 5) is 0. The van der Waals surface area contributed by atoms with Crippen molar-refractivity contribution in [2.24, 2.45) is 0 Å². The Balaban J connectivity index is 2.92. The van der Waals surface area contributed by atoms with E-state index in [9.17, 15) is 0 Å². The summed E-state index contributed by atoms with van der Waals surface area (Å²) in [7, 11) is 1.66. The smallest absolute Gasteiger partial charge is 0.133 e. The van der Waals surface area contributed by atoms with Crippen LogP contribution in [0.2, 0.25) is 0 Å². The van der Waals surface area contributed by atoms with Crippen molar-refractivity contribution in [3.8, 4) is 5.75 Å². The number of alkyl halides is 1. The second kappa shape index (κ2) is 5.45. The molecule has 0 aliphatic heterocycles. The maximum atomic E-state index is 5.17. The second-order valence-electron chi connectivity index (χ2n) is 2.45. The number of benzene rings is 1. The number of hydrogen-bond acceptors (Lipinski definition) is 1. The van der Waals surface area contributed by atoms with Crippen LogP contribution in [0.25, 0.3) is 6.08 Å². The van der Waals surface area contributed by atoms with Gasteiger partial charge in [0, 0.05) is 5.33 Å². The molecule has 0 unspecified atom stereocenters. The Hall–Kier alpha value is -0.280. The number of methoxy groups -OCH3 is 1. The standard InChI is InChI=1S/C10H10Br2O/c1-13-10-7-8(3-2-6-11)4-5-9(10)12/h2-5,7H,6H2,1H3. The summed E-state index contributed by atoms with van der Waals surface area (Å²) in [6.45, 7) is 0. The van der Waals surface area contributed by atoms with Crippen molar-refractivity contribution in [3.63, 3.8) is 0 Å². The van der Waals surface area contributed by atoms with Crippen LogP contribution < -0.4 is 4.74 Å². The Morgan fingerprint density at radius 3 is 2.85 bits per heavy atom. The molecule has 0 aliphatic rings. The van der Waals surface area contributed by atoms with Crippen molar-refractivity contribution in [3.05, 3.63) is 34.3 Å². The average molecular weight is 306 g/mol. The third kappa shape index (κ3) is 3.16. The second-order valence-corrected chi connectivity index (χ2v) is 3.95. The first kappa shape index (κ1) is 10.8. The minimum absolute atomic E-state index is 0.858. The molecule has 0 aromatic heterocycles. The van der Waals surface area contributed by atoms with Crippen LogP contribution in [0.1, 0.15) is 5.56 Å². The van der Waals surface area contributed by atoms with Gasteiger partial charge in [-0.2, -0.15) is 0 Å². The molecule has 0 atom stereocenters. The number of ether oxygens (including phenoxy) is 1. The topological polar surface area (TPSA) is 9.23 Å². The van der Waals surface area contributed by atoms with Crippen molar-refractivity contribution in [1.29, 1.82) is 0 Å². The molecule has 0 radical (unpaired) electrons. The van der Waals surface area contributed by atoms with Gasteiger partial charge < -0.3 is 4.74 Å². The van der Waals surface area contributed by atoms with Crippen LogP contribution in [-0.4, -0.2) is 12.4 Å². The zero-order valence-corrected chi connectivity index (χ0v) is 10.4. The molecule has 0 saturated carbocycles. The zero-order valence-electron chi connectivity index (χ0n) is 7.26. The van der Waals surface area contributed by atoms with Crippen LogP contribution in [0.4, 0.5) is 0 Å². The fraction of sp³-hybridized carbons (Fsp3) is 0.200. The van der Waals surface area contributed by atoms with Crippen molar-refractivity contribution in [2.45, 2.75) is 0 Å². The van der Waals surface area contributed by atoms with Gasteiger partial charge in [-0.15, -0.1) is 0 Å². The molecule has 1 aromatic rings. The van der Waals surface area contributed by atoms with Crippen LogP contribution >= 0.6 is 31.9 Å². The van der Waals surface area contributed by atoms with E-state index in [2.05, 4.69) is 31.9 Å². The summed E-state index contributed by atoms with van der Waals surface area (Å²) in [5.41, 5.74) is 1.14. The number of rotatable bonds is 3. The molecule has 0 amide bonds. The number of allylic oxidation sites excluding steroid dienone is 1. The summed E-state index contributed by atoms with van der Waals surface area (Å²) >= 11 is 6.73. The molecule has 0 saturated heterocycles. The predicted octanol–water partition coefficient (Wildman–Crippen LogP) is 3.87. The SMILES string of the molecule is COc1cc(C=CCBr)ccc1Br. The van der Waals surface area contributed by atoms with Gasteiger partial charge in [0.25, 0.3) is 0 Å². The first-order valence-corrected chi connectivity index (χ1v) is 5.75. The summed E-state index contributed by atoms with van der Waals surface area (Å²) in [6.07, 6.45) is 4.09. The van der Waals surface area contributed by atoms with E-state index in [1.807, 2.05) is 30.4 Å². The molecular weight excluding hydrogens is 296 g/mol.